The summed E-state index contributed by atoms with van der Waals surface area (Å²) in [5.74, 6) is -0.202. The Hall–Kier alpha value is -1.34. The van der Waals surface area contributed by atoms with E-state index in [1.165, 1.54) is 12.1 Å². The van der Waals surface area contributed by atoms with Gasteiger partial charge in [-0.2, -0.15) is 5.26 Å². The van der Waals surface area contributed by atoms with Crippen LogP contribution in [-0.4, -0.2) is 16.2 Å². The number of hydrogen-bond donors (Lipinski definition) is 1. The fraction of sp³-hybridized carbons (Fsp3) is 0.200. The number of halogens is 1. The minimum absolute atomic E-state index is 0.00537. The van der Waals surface area contributed by atoms with E-state index in [1.54, 1.807) is 6.92 Å². The quantitative estimate of drug-likeness (QED) is 0.649. The van der Waals surface area contributed by atoms with E-state index in [4.69, 9.17) is 5.26 Å². The average molecular weight is 254 g/mol. The first-order chi connectivity index (χ1) is 6.60. The Bertz CT molecular complexity index is 421. The van der Waals surface area contributed by atoms with E-state index in [0.717, 1.165) is 0 Å². The number of aromatic hydroxyl groups is 1. The lowest BCUT2D eigenvalue weighted by atomic mass is 10.00. The third kappa shape index (κ3) is 1.94. The van der Waals surface area contributed by atoms with Crippen LogP contribution in [-0.2, 0) is 0 Å². The fourth-order valence-corrected chi connectivity index (χ4v) is 1.51. The third-order valence-corrected chi connectivity index (χ3v) is 2.36. The second-order valence-corrected chi connectivity index (χ2v) is 3.41. The lowest BCUT2D eigenvalue weighted by Crippen LogP contribution is -2.04. The molecule has 1 aromatic carbocycles. The predicted molar refractivity (Wildman–Crippen MR) is 55.7 cm³/mol. The van der Waals surface area contributed by atoms with Crippen molar-refractivity contribution in [3.8, 4) is 11.8 Å². The molecular formula is C10H8BrNO2. The molecule has 3 nitrogen and oxygen atoms in total. The molecule has 1 rings (SSSR count). The first-order valence-corrected chi connectivity index (χ1v) is 5.05. The van der Waals surface area contributed by atoms with Gasteiger partial charge in [-0.05, 0) is 24.6 Å². The summed E-state index contributed by atoms with van der Waals surface area (Å²) in [5.41, 5.74) is 1.20. The zero-order valence-corrected chi connectivity index (χ0v) is 9.13. The van der Waals surface area contributed by atoms with E-state index in [-0.39, 0.29) is 22.4 Å². The van der Waals surface area contributed by atoms with Gasteiger partial charge < -0.3 is 5.11 Å². The maximum absolute atomic E-state index is 11.4. The van der Waals surface area contributed by atoms with Crippen molar-refractivity contribution >= 4 is 21.7 Å². The van der Waals surface area contributed by atoms with Crippen LogP contribution in [0.25, 0.3) is 0 Å². The number of hydrogen-bond acceptors (Lipinski definition) is 3. The van der Waals surface area contributed by atoms with Crippen molar-refractivity contribution in [2.45, 2.75) is 6.92 Å². The van der Waals surface area contributed by atoms with E-state index in [1.807, 2.05) is 6.07 Å². The maximum Gasteiger partial charge on any atom is 0.174 e. The number of carbonyl (C=O) groups is 1. The van der Waals surface area contributed by atoms with Gasteiger partial charge in [-0.3, -0.25) is 4.79 Å². The van der Waals surface area contributed by atoms with Crippen molar-refractivity contribution < 1.29 is 9.90 Å². The maximum atomic E-state index is 11.4. The molecule has 0 saturated heterocycles. The van der Waals surface area contributed by atoms with Crippen molar-refractivity contribution in [3.05, 3.63) is 28.8 Å². The molecule has 0 aliphatic heterocycles. The number of phenols is 1. The smallest absolute Gasteiger partial charge is 0.174 e. The summed E-state index contributed by atoms with van der Waals surface area (Å²) in [6.45, 7) is 1.68. The Labute approximate surface area is 90.1 Å². The molecule has 0 spiro atoms. The molecule has 0 atom stereocenters. The van der Waals surface area contributed by atoms with Gasteiger partial charge in [0.15, 0.2) is 5.78 Å². The zero-order chi connectivity index (χ0) is 10.7. The molecule has 1 N–H and O–H groups in total. The van der Waals surface area contributed by atoms with Crippen LogP contribution in [0.2, 0.25) is 0 Å². The monoisotopic (exact) mass is 253 g/mol. The molecule has 0 radical (unpaired) electrons. The number of nitriles is 1. The first-order valence-electron chi connectivity index (χ1n) is 3.93. The second kappa shape index (κ2) is 4.25. The number of ketones is 1. The van der Waals surface area contributed by atoms with Crippen LogP contribution in [0.1, 0.15) is 21.5 Å². The first kappa shape index (κ1) is 10.7. The van der Waals surface area contributed by atoms with Crippen LogP contribution < -0.4 is 0 Å². The highest BCUT2D eigenvalue weighted by molar-refractivity contribution is 9.09. The Morgan fingerprint density at radius 2 is 2.29 bits per heavy atom. The zero-order valence-electron chi connectivity index (χ0n) is 7.54. The third-order valence-electron chi connectivity index (χ3n) is 1.85. The van der Waals surface area contributed by atoms with Crippen molar-refractivity contribution in [2.75, 3.05) is 5.33 Å². The number of aryl methyl sites for hydroxylation is 1. The summed E-state index contributed by atoms with van der Waals surface area (Å²) >= 11 is 3.02. The topological polar surface area (TPSA) is 61.1 Å². The number of benzene rings is 1. The Kier molecular flexibility index (Phi) is 3.26. The van der Waals surface area contributed by atoms with Crippen LogP contribution in [0.15, 0.2) is 12.1 Å². The molecule has 1 aromatic rings. The van der Waals surface area contributed by atoms with E-state index < -0.39 is 0 Å². The number of carbonyl (C=O) groups excluding carboxylic acids is 1. The van der Waals surface area contributed by atoms with Gasteiger partial charge in [0.1, 0.15) is 11.8 Å². The summed E-state index contributed by atoms with van der Waals surface area (Å²) in [6.07, 6.45) is 0. The van der Waals surface area contributed by atoms with Crippen LogP contribution in [0.4, 0.5) is 0 Å². The molecular weight excluding hydrogens is 246 g/mol. The lowest BCUT2D eigenvalue weighted by Gasteiger charge is -2.04. The van der Waals surface area contributed by atoms with Gasteiger partial charge in [0.2, 0.25) is 0 Å². The van der Waals surface area contributed by atoms with E-state index in [9.17, 15) is 9.90 Å². The van der Waals surface area contributed by atoms with Gasteiger partial charge in [0.05, 0.1) is 10.9 Å². The molecule has 14 heavy (non-hydrogen) atoms. The summed E-state index contributed by atoms with van der Waals surface area (Å²) in [4.78, 5) is 11.4. The van der Waals surface area contributed by atoms with Crippen LogP contribution >= 0.6 is 15.9 Å². The fourth-order valence-electron chi connectivity index (χ4n) is 1.21. The van der Waals surface area contributed by atoms with Crippen LogP contribution in [0, 0.1) is 18.3 Å². The number of rotatable bonds is 2. The van der Waals surface area contributed by atoms with Crippen molar-refractivity contribution in [1.29, 1.82) is 5.26 Å². The molecule has 0 fully saturated rings. The van der Waals surface area contributed by atoms with Gasteiger partial charge in [-0.1, -0.05) is 15.9 Å². The minimum Gasteiger partial charge on any atom is -0.508 e. The largest absolute Gasteiger partial charge is 0.508 e. The van der Waals surface area contributed by atoms with Crippen LogP contribution in [0.5, 0.6) is 5.75 Å². The molecule has 0 aliphatic carbocycles. The lowest BCUT2D eigenvalue weighted by molar-refractivity contribution is 0.102. The van der Waals surface area contributed by atoms with E-state index in [0.29, 0.717) is 11.1 Å². The molecule has 0 heterocycles. The number of nitrogens with zero attached hydrogens (tertiary/aromatic N) is 1. The highest BCUT2D eigenvalue weighted by Crippen LogP contribution is 2.21. The summed E-state index contributed by atoms with van der Waals surface area (Å²) in [6, 6.07) is 4.73. The average Bonchev–Trinajstić information content (AvgIpc) is 2.15. The van der Waals surface area contributed by atoms with E-state index in [2.05, 4.69) is 15.9 Å². The summed E-state index contributed by atoms with van der Waals surface area (Å²) < 4.78 is 0. The number of phenolic OH excluding ortho intramolecular Hbond substituents is 1. The standard InChI is InChI=1S/C10H8BrNO2/c1-6-2-7(13)3-8(9(6)5-12)10(14)4-11/h2-3,13H,4H2,1H3. The molecule has 0 aromatic heterocycles. The minimum atomic E-state index is -0.208. The van der Waals surface area contributed by atoms with Crippen molar-refractivity contribution in [2.24, 2.45) is 0 Å². The second-order valence-electron chi connectivity index (χ2n) is 2.85. The number of Topliss-reactive ketones (excluding diaryl/α,β-unsaturated/α-hetero) is 1. The van der Waals surface area contributed by atoms with Gasteiger partial charge in [-0.15, -0.1) is 0 Å². The Morgan fingerprint density at radius 1 is 1.64 bits per heavy atom. The Balaban J connectivity index is 3.41. The van der Waals surface area contributed by atoms with Crippen molar-refractivity contribution in [3.63, 3.8) is 0 Å². The molecule has 0 unspecified atom stereocenters. The number of alkyl halides is 1. The molecule has 0 bridgehead atoms. The van der Waals surface area contributed by atoms with Crippen molar-refractivity contribution in [1.82, 2.24) is 0 Å². The molecule has 0 aliphatic rings. The molecule has 0 saturated carbocycles. The highest BCUT2D eigenvalue weighted by Gasteiger charge is 2.13. The van der Waals surface area contributed by atoms with E-state index >= 15 is 0 Å². The Morgan fingerprint density at radius 3 is 2.79 bits per heavy atom. The SMILES string of the molecule is Cc1cc(O)cc(C(=O)CBr)c1C#N. The predicted octanol–water partition coefficient (Wildman–Crippen LogP) is 2.15. The highest BCUT2D eigenvalue weighted by atomic mass is 79.9. The van der Waals surface area contributed by atoms with Gasteiger partial charge >= 0.3 is 0 Å². The summed E-state index contributed by atoms with van der Waals surface area (Å²) in [5, 5.41) is 18.3. The molecule has 4 heteroatoms. The van der Waals surface area contributed by atoms with Crippen LogP contribution in [0.3, 0.4) is 0 Å². The summed E-state index contributed by atoms with van der Waals surface area (Å²) in [7, 11) is 0. The van der Waals surface area contributed by atoms with Gasteiger partial charge in [0, 0.05) is 5.56 Å². The van der Waals surface area contributed by atoms with Gasteiger partial charge in [-0.25, -0.2) is 0 Å². The van der Waals surface area contributed by atoms with Gasteiger partial charge in [0.25, 0.3) is 0 Å². The normalized spacial score (nSPS) is 9.50. The molecule has 72 valence electrons. The molecule has 0 amide bonds.